The van der Waals surface area contributed by atoms with E-state index in [0.717, 1.165) is 38.3 Å². The molecule has 1 heterocycles. The maximum atomic E-state index is 12.3. The zero-order valence-corrected chi connectivity index (χ0v) is 10.9. The van der Waals surface area contributed by atoms with E-state index in [4.69, 9.17) is 5.73 Å². The van der Waals surface area contributed by atoms with E-state index in [9.17, 15) is 4.79 Å². The Morgan fingerprint density at radius 2 is 1.78 bits per heavy atom. The molecule has 0 spiro atoms. The molecule has 0 aliphatic carbocycles. The molecule has 2 rings (SSSR count). The Hall–Kier alpha value is -1.39. The molecule has 1 amide bonds. The molecule has 0 radical (unpaired) electrons. The second-order valence-electron chi connectivity index (χ2n) is 4.79. The van der Waals surface area contributed by atoms with Crippen LogP contribution >= 0.6 is 0 Å². The number of piperazine rings is 1. The topological polar surface area (TPSA) is 49.6 Å². The first-order chi connectivity index (χ1) is 8.70. The Bertz CT molecular complexity index is 394. The number of hydrogen-bond donors (Lipinski definition) is 1. The van der Waals surface area contributed by atoms with Gasteiger partial charge in [-0.3, -0.25) is 9.69 Å². The van der Waals surface area contributed by atoms with Crippen molar-refractivity contribution in [1.29, 1.82) is 0 Å². The minimum atomic E-state index is 0.141. The quantitative estimate of drug-likeness (QED) is 0.856. The van der Waals surface area contributed by atoms with E-state index < -0.39 is 0 Å². The van der Waals surface area contributed by atoms with E-state index in [1.165, 1.54) is 5.56 Å². The lowest BCUT2D eigenvalue weighted by molar-refractivity contribution is 0.0641. The van der Waals surface area contributed by atoms with E-state index in [0.29, 0.717) is 6.54 Å². The van der Waals surface area contributed by atoms with Crippen LogP contribution in [0.25, 0.3) is 0 Å². The molecule has 1 fully saturated rings. The summed E-state index contributed by atoms with van der Waals surface area (Å²) in [5.41, 5.74) is 7.50. The molecule has 18 heavy (non-hydrogen) atoms. The highest BCUT2D eigenvalue weighted by Gasteiger charge is 2.21. The fraction of sp³-hybridized carbons (Fsp3) is 0.500. The summed E-state index contributed by atoms with van der Waals surface area (Å²) < 4.78 is 0. The average Bonchev–Trinajstić information content (AvgIpc) is 2.40. The molecule has 1 aliphatic rings. The van der Waals surface area contributed by atoms with E-state index in [1.807, 2.05) is 36.1 Å². The molecule has 1 aromatic rings. The molecular formula is C14H21N3O. The van der Waals surface area contributed by atoms with Crippen molar-refractivity contribution < 1.29 is 4.79 Å². The smallest absolute Gasteiger partial charge is 0.253 e. The van der Waals surface area contributed by atoms with Gasteiger partial charge in [-0.2, -0.15) is 0 Å². The lowest BCUT2D eigenvalue weighted by atomic mass is 10.1. The first-order valence-corrected chi connectivity index (χ1v) is 6.49. The Kier molecular flexibility index (Phi) is 4.33. The summed E-state index contributed by atoms with van der Waals surface area (Å²) in [4.78, 5) is 16.5. The van der Waals surface area contributed by atoms with Crippen LogP contribution in [0, 0.1) is 6.92 Å². The van der Waals surface area contributed by atoms with Crippen LogP contribution in [0.4, 0.5) is 0 Å². The van der Waals surface area contributed by atoms with Gasteiger partial charge < -0.3 is 10.6 Å². The normalized spacial score (nSPS) is 16.9. The highest BCUT2D eigenvalue weighted by Crippen LogP contribution is 2.09. The number of carbonyl (C=O) groups excluding carboxylic acids is 1. The van der Waals surface area contributed by atoms with Gasteiger partial charge in [-0.1, -0.05) is 17.7 Å². The summed E-state index contributed by atoms with van der Waals surface area (Å²) in [5, 5.41) is 0. The van der Waals surface area contributed by atoms with Crippen molar-refractivity contribution in [2.45, 2.75) is 6.92 Å². The summed E-state index contributed by atoms with van der Waals surface area (Å²) in [6, 6.07) is 7.78. The molecule has 1 aromatic carbocycles. The Morgan fingerprint density at radius 3 is 2.33 bits per heavy atom. The number of nitrogens with two attached hydrogens (primary N) is 1. The summed E-state index contributed by atoms with van der Waals surface area (Å²) in [7, 11) is 0. The highest BCUT2D eigenvalue weighted by molar-refractivity contribution is 5.94. The van der Waals surface area contributed by atoms with Crippen LogP contribution in [0.15, 0.2) is 24.3 Å². The number of nitrogens with zero attached hydrogens (tertiary/aromatic N) is 2. The fourth-order valence-electron chi connectivity index (χ4n) is 2.24. The van der Waals surface area contributed by atoms with Gasteiger partial charge in [-0.25, -0.2) is 0 Å². The SMILES string of the molecule is Cc1ccc(C(=O)N2CCN(CCN)CC2)cc1. The van der Waals surface area contributed by atoms with E-state index >= 15 is 0 Å². The molecule has 2 N–H and O–H groups in total. The van der Waals surface area contributed by atoms with Gasteiger partial charge in [0.25, 0.3) is 5.91 Å². The molecule has 0 unspecified atom stereocenters. The van der Waals surface area contributed by atoms with Crippen molar-refractivity contribution in [2.75, 3.05) is 39.3 Å². The summed E-state index contributed by atoms with van der Waals surface area (Å²) in [6.07, 6.45) is 0. The molecule has 0 saturated carbocycles. The third kappa shape index (κ3) is 3.09. The zero-order valence-electron chi connectivity index (χ0n) is 10.9. The van der Waals surface area contributed by atoms with Gasteiger partial charge in [0.05, 0.1) is 0 Å². The van der Waals surface area contributed by atoms with Crippen molar-refractivity contribution >= 4 is 5.91 Å². The predicted molar refractivity (Wildman–Crippen MR) is 72.6 cm³/mol. The number of aryl methyl sites for hydroxylation is 1. The number of hydrogen-bond acceptors (Lipinski definition) is 3. The molecule has 4 heteroatoms. The number of carbonyl (C=O) groups is 1. The van der Waals surface area contributed by atoms with Crippen LogP contribution in [0.3, 0.4) is 0 Å². The number of benzene rings is 1. The van der Waals surface area contributed by atoms with Gasteiger partial charge in [-0.05, 0) is 19.1 Å². The van der Waals surface area contributed by atoms with Gasteiger partial charge in [0.1, 0.15) is 0 Å². The van der Waals surface area contributed by atoms with Crippen LogP contribution in [0.1, 0.15) is 15.9 Å². The molecule has 0 bridgehead atoms. The Labute approximate surface area is 108 Å². The first kappa shape index (κ1) is 13.1. The van der Waals surface area contributed by atoms with Crippen LogP contribution < -0.4 is 5.73 Å². The van der Waals surface area contributed by atoms with Gasteiger partial charge >= 0.3 is 0 Å². The maximum Gasteiger partial charge on any atom is 0.253 e. The van der Waals surface area contributed by atoms with E-state index in [2.05, 4.69) is 4.90 Å². The first-order valence-electron chi connectivity index (χ1n) is 6.49. The third-order valence-corrected chi connectivity index (χ3v) is 3.40. The van der Waals surface area contributed by atoms with Crippen molar-refractivity contribution in [3.8, 4) is 0 Å². The second-order valence-corrected chi connectivity index (χ2v) is 4.79. The lowest BCUT2D eigenvalue weighted by Gasteiger charge is -2.34. The fourth-order valence-corrected chi connectivity index (χ4v) is 2.24. The van der Waals surface area contributed by atoms with Crippen molar-refractivity contribution in [3.05, 3.63) is 35.4 Å². The molecular weight excluding hydrogens is 226 g/mol. The van der Waals surface area contributed by atoms with E-state index in [1.54, 1.807) is 0 Å². The molecule has 0 atom stereocenters. The minimum absolute atomic E-state index is 0.141. The zero-order chi connectivity index (χ0) is 13.0. The van der Waals surface area contributed by atoms with Gasteiger partial charge in [0.15, 0.2) is 0 Å². The maximum absolute atomic E-state index is 12.3. The third-order valence-electron chi connectivity index (χ3n) is 3.40. The van der Waals surface area contributed by atoms with Crippen LogP contribution in [0.2, 0.25) is 0 Å². The van der Waals surface area contributed by atoms with Crippen LogP contribution in [-0.4, -0.2) is 55.0 Å². The molecule has 0 aromatic heterocycles. The summed E-state index contributed by atoms with van der Waals surface area (Å²) >= 11 is 0. The van der Waals surface area contributed by atoms with Gasteiger partial charge in [0, 0.05) is 44.8 Å². The van der Waals surface area contributed by atoms with Gasteiger partial charge in [0.2, 0.25) is 0 Å². The highest BCUT2D eigenvalue weighted by atomic mass is 16.2. The van der Waals surface area contributed by atoms with Crippen molar-refractivity contribution in [2.24, 2.45) is 5.73 Å². The van der Waals surface area contributed by atoms with Crippen molar-refractivity contribution in [1.82, 2.24) is 9.80 Å². The molecule has 1 aliphatic heterocycles. The summed E-state index contributed by atoms with van der Waals surface area (Å²) in [5.74, 6) is 0.141. The predicted octanol–water partition coefficient (Wildman–Crippen LogP) is 0.712. The number of rotatable bonds is 3. The largest absolute Gasteiger partial charge is 0.336 e. The minimum Gasteiger partial charge on any atom is -0.336 e. The monoisotopic (exact) mass is 247 g/mol. The van der Waals surface area contributed by atoms with Crippen LogP contribution in [0.5, 0.6) is 0 Å². The Morgan fingerprint density at radius 1 is 1.17 bits per heavy atom. The van der Waals surface area contributed by atoms with Crippen molar-refractivity contribution in [3.63, 3.8) is 0 Å². The number of amides is 1. The van der Waals surface area contributed by atoms with Crippen LogP contribution in [-0.2, 0) is 0 Å². The Balaban J connectivity index is 1.93. The van der Waals surface area contributed by atoms with Gasteiger partial charge in [-0.15, -0.1) is 0 Å². The molecule has 1 saturated heterocycles. The lowest BCUT2D eigenvalue weighted by Crippen LogP contribution is -2.49. The average molecular weight is 247 g/mol. The molecule has 4 nitrogen and oxygen atoms in total. The standard InChI is InChI=1S/C14H21N3O/c1-12-2-4-13(5-3-12)14(18)17-10-8-16(7-6-15)9-11-17/h2-5H,6-11,15H2,1H3. The molecule has 98 valence electrons. The van der Waals surface area contributed by atoms with E-state index in [-0.39, 0.29) is 5.91 Å². The summed E-state index contributed by atoms with van der Waals surface area (Å²) in [6.45, 7) is 7.08. The second kappa shape index (κ2) is 5.98.